The largest absolute Gasteiger partial charge is 0.313 e. The SMILES string of the molecule is CCCNC1CCCN(CCC2CCC(C)CC2)C1. The molecule has 0 bridgehead atoms. The minimum atomic E-state index is 0.764. The maximum atomic E-state index is 3.70. The van der Waals surface area contributed by atoms with Gasteiger partial charge in [-0.3, -0.25) is 0 Å². The summed E-state index contributed by atoms with van der Waals surface area (Å²) in [6.07, 6.45) is 11.4. The van der Waals surface area contributed by atoms with Gasteiger partial charge in [0.2, 0.25) is 0 Å². The maximum Gasteiger partial charge on any atom is 0.0195 e. The Labute approximate surface area is 120 Å². The van der Waals surface area contributed by atoms with Crippen molar-refractivity contribution < 1.29 is 0 Å². The predicted molar refractivity (Wildman–Crippen MR) is 83.5 cm³/mol. The second kappa shape index (κ2) is 8.26. The first-order valence-corrected chi connectivity index (χ1v) is 8.73. The summed E-state index contributed by atoms with van der Waals surface area (Å²) in [5, 5.41) is 3.70. The molecule has 1 saturated carbocycles. The Morgan fingerprint density at radius 3 is 2.63 bits per heavy atom. The number of hydrogen-bond donors (Lipinski definition) is 1. The zero-order chi connectivity index (χ0) is 13.5. The van der Waals surface area contributed by atoms with E-state index in [0.717, 1.165) is 17.9 Å². The molecule has 1 unspecified atom stereocenters. The lowest BCUT2D eigenvalue weighted by molar-refractivity contribution is 0.167. The second-order valence-electron chi connectivity index (χ2n) is 7.01. The van der Waals surface area contributed by atoms with E-state index in [-0.39, 0.29) is 0 Å². The molecule has 2 fully saturated rings. The van der Waals surface area contributed by atoms with Crippen molar-refractivity contribution >= 4 is 0 Å². The van der Waals surface area contributed by atoms with E-state index in [2.05, 4.69) is 24.1 Å². The van der Waals surface area contributed by atoms with Gasteiger partial charge in [0.05, 0.1) is 0 Å². The summed E-state index contributed by atoms with van der Waals surface area (Å²) in [5.41, 5.74) is 0. The molecule has 112 valence electrons. The molecule has 2 rings (SSSR count). The molecule has 19 heavy (non-hydrogen) atoms. The van der Waals surface area contributed by atoms with Gasteiger partial charge in [-0.2, -0.15) is 0 Å². The van der Waals surface area contributed by atoms with Crippen LogP contribution in [-0.2, 0) is 0 Å². The Morgan fingerprint density at radius 1 is 1.11 bits per heavy atom. The van der Waals surface area contributed by atoms with Crippen LogP contribution >= 0.6 is 0 Å². The van der Waals surface area contributed by atoms with E-state index in [1.807, 2.05) is 0 Å². The van der Waals surface area contributed by atoms with Crippen LogP contribution in [0, 0.1) is 11.8 Å². The molecule has 1 aliphatic heterocycles. The smallest absolute Gasteiger partial charge is 0.0195 e. The quantitative estimate of drug-likeness (QED) is 0.789. The molecule has 1 aliphatic carbocycles. The van der Waals surface area contributed by atoms with Gasteiger partial charge < -0.3 is 10.2 Å². The molecule has 2 heteroatoms. The van der Waals surface area contributed by atoms with Crippen LogP contribution in [-0.4, -0.2) is 37.1 Å². The van der Waals surface area contributed by atoms with E-state index in [1.165, 1.54) is 77.5 Å². The summed E-state index contributed by atoms with van der Waals surface area (Å²) >= 11 is 0. The van der Waals surface area contributed by atoms with Gasteiger partial charge >= 0.3 is 0 Å². The second-order valence-corrected chi connectivity index (χ2v) is 7.01. The van der Waals surface area contributed by atoms with Crippen molar-refractivity contribution in [1.29, 1.82) is 0 Å². The van der Waals surface area contributed by atoms with E-state index in [0.29, 0.717) is 0 Å². The molecule has 2 aliphatic rings. The van der Waals surface area contributed by atoms with Gasteiger partial charge in [0.15, 0.2) is 0 Å². The molecule has 0 aromatic carbocycles. The topological polar surface area (TPSA) is 15.3 Å². The number of rotatable bonds is 6. The average molecular weight is 266 g/mol. The Morgan fingerprint density at radius 2 is 1.89 bits per heavy atom. The molecule has 0 radical (unpaired) electrons. The molecule has 1 saturated heterocycles. The van der Waals surface area contributed by atoms with Crippen molar-refractivity contribution in [3.63, 3.8) is 0 Å². The third-order valence-electron chi connectivity index (χ3n) is 5.18. The summed E-state index contributed by atoms with van der Waals surface area (Å²) in [6, 6.07) is 0.764. The van der Waals surface area contributed by atoms with Crippen molar-refractivity contribution in [2.45, 2.75) is 71.3 Å². The van der Waals surface area contributed by atoms with E-state index in [9.17, 15) is 0 Å². The first-order valence-electron chi connectivity index (χ1n) is 8.73. The van der Waals surface area contributed by atoms with E-state index >= 15 is 0 Å². The summed E-state index contributed by atoms with van der Waals surface area (Å²) in [7, 11) is 0. The van der Waals surface area contributed by atoms with Gasteiger partial charge in [-0.25, -0.2) is 0 Å². The van der Waals surface area contributed by atoms with E-state index < -0.39 is 0 Å². The van der Waals surface area contributed by atoms with Crippen LogP contribution in [0.15, 0.2) is 0 Å². The molecular weight excluding hydrogens is 232 g/mol. The summed E-state index contributed by atoms with van der Waals surface area (Å²) < 4.78 is 0. The lowest BCUT2D eigenvalue weighted by atomic mass is 9.81. The first-order chi connectivity index (χ1) is 9.28. The number of nitrogens with one attached hydrogen (secondary N) is 1. The van der Waals surface area contributed by atoms with Gasteiger partial charge in [0.1, 0.15) is 0 Å². The minimum absolute atomic E-state index is 0.764. The van der Waals surface area contributed by atoms with Crippen LogP contribution in [0.3, 0.4) is 0 Å². The maximum absolute atomic E-state index is 3.70. The summed E-state index contributed by atoms with van der Waals surface area (Å²) in [6.45, 7) is 9.86. The van der Waals surface area contributed by atoms with Crippen molar-refractivity contribution in [1.82, 2.24) is 10.2 Å². The van der Waals surface area contributed by atoms with Crippen LogP contribution in [0.4, 0.5) is 0 Å². The Balaban J connectivity index is 1.62. The summed E-state index contributed by atoms with van der Waals surface area (Å²) in [4.78, 5) is 2.72. The molecule has 0 amide bonds. The van der Waals surface area contributed by atoms with E-state index in [1.54, 1.807) is 0 Å². The third kappa shape index (κ3) is 5.43. The van der Waals surface area contributed by atoms with Crippen molar-refractivity contribution in [2.24, 2.45) is 11.8 Å². The van der Waals surface area contributed by atoms with Crippen molar-refractivity contribution in [2.75, 3.05) is 26.2 Å². The first kappa shape index (κ1) is 15.3. The third-order valence-corrected chi connectivity index (χ3v) is 5.18. The van der Waals surface area contributed by atoms with Crippen LogP contribution in [0.5, 0.6) is 0 Å². The number of hydrogen-bond acceptors (Lipinski definition) is 2. The van der Waals surface area contributed by atoms with Gasteiger partial charge in [-0.15, -0.1) is 0 Å². The Kier molecular flexibility index (Phi) is 6.66. The lowest BCUT2D eigenvalue weighted by Crippen LogP contribution is -2.46. The zero-order valence-electron chi connectivity index (χ0n) is 13.2. The fraction of sp³-hybridized carbons (Fsp3) is 1.00. The zero-order valence-corrected chi connectivity index (χ0v) is 13.2. The molecular formula is C17H34N2. The van der Waals surface area contributed by atoms with Gasteiger partial charge in [-0.05, 0) is 57.2 Å². The summed E-state index contributed by atoms with van der Waals surface area (Å²) in [5.74, 6) is 2.02. The van der Waals surface area contributed by atoms with Gasteiger partial charge in [-0.1, -0.05) is 39.5 Å². The molecule has 1 atom stereocenters. The fourth-order valence-corrected chi connectivity index (χ4v) is 3.76. The molecule has 2 nitrogen and oxygen atoms in total. The van der Waals surface area contributed by atoms with Crippen LogP contribution in [0.25, 0.3) is 0 Å². The van der Waals surface area contributed by atoms with Gasteiger partial charge in [0, 0.05) is 12.6 Å². The van der Waals surface area contributed by atoms with Crippen LogP contribution < -0.4 is 5.32 Å². The number of nitrogens with zero attached hydrogens (tertiary/aromatic N) is 1. The van der Waals surface area contributed by atoms with E-state index in [4.69, 9.17) is 0 Å². The monoisotopic (exact) mass is 266 g/mol. The molecule has 0 aromatic rings. The molecule has 1 heterocycles. The van der Waals surface area contributed by atoms with Crippen LogP contribution in [0.2, 0.25) is 0 Å². The highest BCUT2D eigenvalue weighted by molar-refractivity contribution is 4.79. The normalized spacial score (nSPS) is 33.5. The Hall–Kier alpha value is -0.0800. The Bertz CT molecular complexity index is 233. The highest BCUT2D eigenvalue weighted by Crippen LogP contribution is 2.30. The van der Waals surface area contributed by atoms with Crippen molar-refractivity contribution in [3.05, 3.63) is 0 Å². The van der Waals surface area contributed by atoms with Crippen LogP contribution in [0.1, 0.15) is 65.2 Å². The highest BCUT2D eigenvalue weighted by atomic mass is 15.2. The van der Waals surface area contributed by atoms with Crippen molar-refractivity contribution in [3.8, 4) is 0 Å². The average Bonchev–Trinajstić information content (AvgIpc) is 2.45. The fourth-order valence-electron chi connectivity index (χ4n) is 3.76. The highest BCUT2D eigenvalue weighted by Gasteiger charge is 2.22. The molecule has 1 N–H and O–H groups in total. The lowest BCUT2D eigenvalue weighted by Gasteiger charge is -2.35. The molecule has 0 aromatic heterocycles. The predicted octanol–water partition coefficient (Wildman–Crippen LogP) is 3.67. The van der Waals surface area contributed by atoms with Gasteiger partial charge in [0.25, 0.3) is 0 Å². The molecule has 0 spiro atoms. The minimum Gasteiger partial charge on any atom is -0.313 e. The number of likely N-dealkylation sites (tertiary alicyclic amines) is 1. The number of piperidine rings is 1. The standard InChI is InChI=1S/C17H34N2/c1-3-11-18-17-5-4-12-19(14-17)13-10-16-8-6-15(2)7-9-16/h15-18H,3-14H2,1-2H3.